The van der Waals surface area contributed by atoms with Crippen molar-refractivity contribution >= 4 is 0 Å². The zero-order valence-corrected chi connectivity index (χ0v) is 6.87. The van der Waals surface area contributed by atoms with E-state index in [9.17, 15) is 4.39 Å². The minimum absolute atomic E-state index is 0.295. The van der Waals surface area contributed by atoms with Crippen LogP contribution >= 0.6 is 0 Å². The maximum atomic E-state index is 12.4. The van der Waals surface area contributed by atoms with Crippen molar-refractivity contribution in [3.8, 4) is 0 Å². The summed E-state index contributed by atoms with van der Waals surface area (Å²) in [6.07, 6.45) is -0.615. The molecule has 0 aromatic heterocycles. The minimum atomic E-state index is -0.615. The van der Waals surface area contributed by atoms with Crippen LogP contribution in [0.5, 0.6) is 0 Å². The molecule has 0 aliphatic heterocycles. The number of aliphatic hydroxyl groups is 1. The van der Waals surface area contributed by atoms with Crippen molar-refractivity contribution in [3.63, 3.8) is 0 Å². The average Bonchev–Trinajstić information content (AvgIpc) is 2.04. The lowest BCUT2D eigenvalue weighted by atomic mass is 10.0. The molecule has 0 unspecified atom stereocenters. The van der Waals surface area contributed by atoms with E-state index in [-0.39, 0.29) is 5.82 Å². The van der Waals surface area contributed by atoms with Gasteiger partial charge in [-0.1, -0.05) is 12.1 Å². The summed E-state index contributed by atoms with van der Waals surface area (Å²) in [6.45, 7) is 1.61. The van der Waals surface area contributed by atoms with E-state index in [1.54, 1.807) is 19.1 Å². The lowest BCUT2D eigenvalue weighted by Crippen LogP contribution is -2.22. The first-order valence-corrected chi connectivity index (χ1v) is 3.80. The first-order chi connectivity index (χ1) is 5.61. The Morgan fingerprint density at radius 3 is 2.25 bits per heavy atom. The molecule has 2 atom stereocenters. The van der Waals surface area contributed by atoms with E-state index in [4.69, 9.17) is 10.8 Å². The highest BCUT2D eigenvalue weighted by Crippen LogP contribution is 2.13. The lowest BCUT2D eigenvalue weighted by Gasteiger charge is -2.14. The standard InChI is InChI=1S/C9H12FNO/c1-6(12)9(11)7-2-4-8(10)5-3-7/h2-6,9,12H,11H2,1H3/t6-,9+/m1/s1. The molecule has 0 radical (unpaired) electrons. The molecule has 1 aromatic carbocycles. The van der Waals surface area contributed by atoms with E-state index < -0.39 is 12.1 Å². The normalized spacial score (nSPS) is 15.7. The number of halogens is 1. The molecular weight excluding hydrogens is 157 g/mol. The second kappa shape index (κ2) is 3.65. The summed E-state index contributed by atoms with van der Waals surface area (Å²) in [5, 5.41) is 9.12. The summed E-state index contributed by atoms with van der Waals surface area (Å²) < 4.78 is 12.4. The smallest absolute Gasteiger partial charge is 0.123 e. The zero-order chi connectivity index (χ0) is 9.14. The number of nitrogens with two attached hydrogens (primary N) is 1. The van der Waals surface area contributed by atoms with Crippen molar-refractivity contribution < 1.29 is 9.50 Å². The van der Waals surface area contributed by atoms with Crippen molar-refractivity contribution in [2.75, 3.05) is 0 Å². The molecule has 1 aromatic rings. The van der Waals surface area contributed by atoms with Gasteiger partial charge in [-0.3, -0.25) is 0 Å². The quantitative estimate of drug-likeness (QED) is 0.699. The molecule has 66 valence electrons. The van der Waals surface area contributed by atoms with Gasteiger partial charge in [0.1, 0.15) is 5.82 Å². The summed E-state index contributed by atoms with van der Waals surface area (Å²) >= 11 is 0. The van der Waals surface area contributed by atoms with E-state index >= 15 is 0 Å². The number of aliphatic hydroxyl groups excluding tert-OH is 1. The maximum Gasteiger partial charge on any atom is 0.123 e. The minimum Gasteiger partial charge on any atom is -0.391 e. The highest BCUT2D eigenvalue weighted by atomic mass is 19.1. The molecule has 2 nitrogen and oxygen atoms in total. The zero-order valence-electron chi connectivity index (χ0n) is 6.87. The Bertz CT molecular complexity index is 245. The highest BCUT2D eigenvalue weighted by molar-refractivity contribution is 5.20. The van der Waals surface area contributed by atoms with E-state index in [1.807, 2.05) is 0 Å². The predicted octanol–water partition coefficient (Wildman–Crippen LogP) is 1.21. The second-order valence-corrected chi connectivity index (χ2v) is 2.82. The van der Waals surface area contributed by atoms with Crippen molar-refractivity contribution in [2.45, 2.75) is 19.1 Å². The van der Waals surface area contributed by atoms with Gasteiger partial charge in [-0.15, -0.1) is 0 Å². The van der Waals surface area contributed by atoms with Gasteiger partial charge in [0.15, 0.2) is 0 Å². The second-order valence-electron chi connectivity index (χ2n) is 2.82. The summed E-state index contributed by atoms with van der Waals surface area (Å²) in [6, 6.07) is 5.37. The Kier molecular flexibility index (Phi) is 2.78. The van der Waals surface area contributed by atoms with E-state index in [2.05, 4.69) is 0 Å². The molecule has 0 fully saturated rings. The van der Waals surface area contributed by atoms with Gasteiger partial charge in [-0.05, 0) is 24.6 Å². The van der Waals surface area contributed by atoms with E-state index in [0.717, 1.165) is 5.56 Å². The third-order valence-electron chi connectivity index (χ3n) is 1.77. The maximum absolute atomic E-state index is 12.4. The van der Waals surface area contributed by atoms with E-state index in [1.165, 1.54) is 12.1 Å². The molecule has 1 rings (SSSR count). The number of hydrogen-bond acceptors (Lipinski definition) is 2. The Morgan fingerprint density at radius 1 is 1.33 bits per heavy atom. The molecule has 0 amide bonds. The van der Waals surface area contributed by atoms with Crippen LogP contribution in [0, 0.1) is 5.82 Å². The molecule has 0 saturated carbocycles. The fourth-order valence-electron chi connectivity index (χ4n) is 0.964. The van der Waals surface area contributed by atoms with Crippen LogP contribution in [0.3, 0.4) is 0 Å². The largest absolute Gasteiger partial charge is 0.391 e. The van der Waals surface area contributed by atoms with Gasteiger partial charge in [-0.2, -0.15) is 0 Å². The van der Waals surface area contributed by atoms with Crippen LogP contribution in [0.15, 0.2) is 24.3 Å². The summed E-state index contributed by atoms with van der Waals surface area (Å²) in [7, 11) is 0. The molecule has 0 spiro atoms. The van der Waals surface area contributed by atoms with Crippen molar-refractivity contribution in [1.82, 2.24) is 0 Å². The first-order valence-electron chi connectivity index (χ1n) is 3.80. The SMILES string of the molecule is C[C@@H](O)[C@H](N)c1ccc(F)cc1. The van der Waals surface area contributed by atoms with Crippen LogP contribution in [0.1, 0.15) is 18.5 Å². The van der Waals surface area contributed by atoms with Gasteiger partial charge < -0.3 is 10.8 Å². The van der Waals surface area contributed by atoms with Crippen molar-refractivity contribution in [1.29, 1.82) is 0 Å². The molecule has 0 saturated heterocycles. The molecule has 0 heterocycles. The molecule has 3 heteroatoms. The van der Waals surface area contributed by atoms with Gasteiger partial charge in [-0.25, -0.2) is 4.39 Å². The van der Waals surface area contributed by atoms with E-state index in [0.29, 0.717) is 0 Å². The summed E-state index contributed by atoms with van der Waals surface area (Å²) in [5.74, 6) is -0.295. The summed E-state index contributed by atoms with van der Waals surface area (Å²) in [5.41, 5.74) is 6.36. The van der Waals surface area contributed by atoms with Gasteiger partial charge >= 0.3 is 0 Å². The molecule has 0 bridgehead atoms. The Balaban J connectivity index is 2.82. The predicted molar refractivity (Wildman–Crippen MR) is 45.0 cm³/mol. The van der Waals surface area contributed by atoms with Crippen molar-refractivity contribution in [3.05, 3.63) is 35.6 Å². The molecule has 0 aliphatic rings. The number of rotatable bonds is 2. The third-order valence-corrected chi connectivity index (χ3v) is 1.77. The Hall–Kier alpha value is -0.930. The third kappa shape index (κ3) is 2.03. The van der Waals surface area contributed by atoms with Crippen LogP contribution in [-0.4, -0.2) is 11.2 Å². The van der Waals surface area contributed by atoms with Gasteiger partial charge in [0.05, 0.1) is 12.1 Å². The number of hydrogen-bond donors (Lipinski definition) is 2. The van der Waals surface area contributed by atoms with Gasteiger partial charge in [0, 0.05) is 0 Å². The fraction of sp³-hybridized carbons (Fsp3) is 0.333. The fourth-order valence-corrected chi connectivity index (χ4v) is 0.964. The van der Waals surface area contributed by atoms with Crippen molar-refractivity contribution in [2.24, 2.45) is 5.73 Å². The molecule has 0 aliphatic carbocycles. The lowest BCUT2D eigenvalue weighted by molar-refractivity contribution is 0.164. The molecular formula is C9H12FNO. The topological polar surface area (TPSA) is 46.2 Å². The molecule has 12 heavy (non-hydrogen) atoms. The average molecular weight is 169 g/mol. The van der Waals surface area contributed by atoms with Gasteiger partial charge in [0.2, 0.25) is 0 Å². The Morgan fingerprint density at radius 2 is 1.83 bits per heavy atom. The van der Waals surface area contributed by atoms with Crippen LogP contribution in [0.25, 0.3) is 0 Å². The number of benzene rings is 1. The monoisotopic (exact) mass is 169 g/mol. The van der Waals surface area contributed by atoms with Crippen LogP contribution in [-0.2, 0) is 0 Å². The van der Waals surface area contributed by atoms with Gasteiger partial charge in [0.25, 0.3) is 0 Å². The highest BCUT2D eigenvalue weighted by Gasteiger charge is 2.10. The Labute approximate surface area is 70.8 Å². The first kappa shape index (κ1) is 9.16. The molecule has 3 N–H and O–H groups in total. The summed E-state index contributed by atoms with van der Waals surface area (Å²) in [4.78, 5) is 0. The van der Waals surface area contributed by atoms with Crippen LogP contribution in [0.4, 0.5) is 4.39 Å². The van der Waals surface area contributed by atoms with Crippen LogP contribution in [0.2, 0.25) is 0 Å². The van der Waals surface area contributed by atoms with Crippen LogP contribution < -0.4 is 5.73 Å².